The van der Waals surface area contributed by atoms with Crippen LogP contribution in [-0.2, 0) is 23.1 Å². The summed E-state index contributed by atoms with van der Waals surface area (Å²) in [6.07, 6.45) is 2.10. The molecule has 2 aromatic rings. The van der Waals surface area contributed by atoms with Gasteiger partial charge in [0.05, 0.1) is 24.2 Å². The maximum atomic E-state index is 13.7. The molecule has 1 aliphatic heterocycles. The number of likely N-dealkylation sites (tertiary alicyclic amines) is 1. The third-order valence-electron chi connectivity index (χ3n) is 4.27. The van der Waals surface area contributed by atoms with E-state index in [1.165, 1.54) is 6.07 Å². The summed E-state index contributed by atoms with van der Waals surface area (Å²) in [5, 5.41) is 14.1. The van der Waals surface area contributed by atoms with Gasteiger partial charge in [-0.15, -0.1) is 0 Å². The van der Waals surface area contributed by atoms with Crippen molar-refractivity contribution in [2.45, 2.75) is 18.9 Å². The molecule has 2 atom stereocenters. The van der Waals surface area contributed by atoms with E-state index in [1.54, 1.807) is 24.1 Å². The van der Waals surface area contributed by atoms with Crippen LogP contribution < -0.4 is 0 Å². The predicted octanol–water partition coefficient (Wildman–Crippen LogP) is 1.35. The Labute approximate surface area is 142 Å². The molecule has 3 rings (SSSR count). The van der Waals surface area contributed by atoms with Gasteiger partial charge in [-0.2, -0.15) is 5.10 Å². The van der Waals surface area contributed by atoms with E-state index in [9.17, 15) is 23.5 Å². The summed E-state index contributed by atoms with van der Waals surface area (Å²) in [5.74, 6) is -3.31. The van der Waals surface area contributed by atoms with Gasteiger partial charge in [-0.1, -0.05) is 6.07 Å². The highest BCUT2D eigenvalue weighted by Crippen LogP contribution is 2.27. The summed E-state index contributed by atoms with van der Waals surface area (Å²) in [4.78, 5) is 25.4. The minimum atomic E-state index is -1.62. The Morgan fingerprint density at radius 2 is 2.00 bits per heavy atom. The lowest BCUT2D eigenvalue weighted by Gasteiger charge is -2.20. The fraction of sp³-hybridized carbons (Fsp3) is 0.353. The summed E-state index contributed by atoms with van der Waals surface area (Å²) in [6, 6.07) is 3.21. The number of halogens is 2. The number of rotatable bonds is 5. The fourth-order valence-corrected chi connectivity index (χ4v) is 3.06. The summed E-state index contributed by atoms with van der Waals surface area (Å²) in [7, 11) is 1.75. The number of aliphatic hydroxyl groups is 1. The molecular formula is C17H17F2N3O3. The molecule has 0 radical (unpaired) electrons. The first-order valence-electron chi connectivity index (χ1n) is 7.80. The molecule has 132 valence electrons. The molecule has 2 amide bonds. The van der Waals surface area contributed by atoms with Crippen molar-refractivity contribution in [2.75, 3.05) is 6.54 Å². The Hall–Kier alpha value is -2.61. The van der Waals surface area contributed by atoms with E-state index in [2.05, 4.69) is 5.10 Å². The van der Waals surface area contributed by atoms with Crippen molar-refractivity contribution in [3.63, 3.8) is 0 Å². The molecule has 0 spiro atoms. The molecule has 2 heterocycles. The van der Waals surface area contributed by atoms with Gasteiger partial charge in [-0.05, 0) is 24.1 Å². The summed E-state index contributed by atoms with van der Waals surface area (Å²) in [5.41, 5.74) is 0.273. The highest BCUT2D eigenvalue weighted by atomic mass is 19.1. The maximum absolute atomic E-state index is 13.7. The van der Waals surface area contributed by atoms with Crippen molar-refractivity contribution >= 4 is 11.8 Å². The Kier molecular flexibility index (Phi) is 4.63. The average molecular weight is 349 g/mol. The van der Waals surface area contributed by atoms with E-state index in [0.717, 1.165) is 22.6 Å². The number of benzene rings is 1. The van der Waals surface area contributed by atoms with Crippen molar-refractivity contribution in [1.29, 1.82) is 0 Å². The van der Waals surface area contributed by atoms with Gasteiger partial charge >= 0.3 is 0 Å². The molecule has 25 heavy (non-hydrogen) atoms. The molecule has 0 aliphatic carbocycles. The molecule has 6 nitrogen and oxygen atoms in total. The van der Waals surface area contributed by atoms with Crippen LogP contribution in [0.1, 0.15) is 23.7 Å². The Morgan fingerprint density at radius 3 is 2.60 bits per heavy atom. The van der Waals surface area contributed by atoms with Gasteiger partial charge in [0.1, 0.15) is 17.7 Å². The first-order valence-corrected chi connectivity index (χ1v) is 7.80. The number of amides is 2. The first-order chi connectivity index (χ1) is 11.9. The van der Waals surface area contributed by atoms with Crippen LogP contribution in [0.2, 0.25) is 0 Å². The topological polar surface area (TPSA) is 75.4 Å². The van der Waals surface area contributed by atoms with E-state index < -0.39 is 47.6 Å². The van der Waals surface area contributed by atoms with Gasteiger partial charge in [-0.3, -0.25) is 19.2 Å². The minimum Gasteiger partial charge on any atom is -0.386 e. The van der Waals surface area contributed by atoms with Gasteiger partial charge in [0.15, 0.2) is 0 Å². The SMILES string of the molecule is Cn1cc(C[C@@H]2CC(=O)N(C[C@@H](O)c3c(F)cccc3F)C2=O)cn1. The molecular weight excluding hydrogens is 332 g/mol. The fourth-order valence-electron chi connectivity index (χ4n) is 3.06. The number of aryl methyl sites for hydroxylation is 1. The van der Waals surface area contributed by atoms with Gasteiger partial charge in [0.2, 0.25) is 11.8 Å². The zero-order valence-electron chi connectivity index (χ0n) is 13.5. The monoisotopic (exact) mass is 349 g/mol. The number of hydrogen-bond acceptors (Lipinski definition) is 4. The number of carbonyl (C=O) groups excluding carboxylic acids is 2. The summed E-state index contributed by atoms with van der Waals surface area (Å²) in [6.45, 7) is -0.473. The van der Waals surface area contributed by atoms with Crippen molar-refractivity contribution in [2.24, 2.45) is 13.0 Å². The lowest BCUT2D eigenvalue weighted by molar-refractivity contribution is -0.141. The molecule has 1 fully saturated rings. The van der Waals surface area contributed by atoms with Crippen LogP contribution in [0.5, 0.6) is 0 Å². The Bertz CT molecular complexity index is 801. The van der Waals surface area contributed by atoms with E-state index in [1.807, 2.05) is 0 Å². The number of β-amino-alcohol motifs (C(OH)–C–C–N with tert-alkyl or cyclic N) is 1. The lowest BCUT2D eigenvalue weighted by atomic mass is 10.0. The second kappa shape index (κ2) is 6.72. The first kappa shape index (κ1) is 17.2. The smallest absolute Gasteiger partial charge is 0.233 e. The maximum Gasteiger partial charge on any atom is 0.233 e. The van der Waals surface area contributed by atoms with Crippen molar-refractivity contribution < 1.29 is 23.5 Å². The standard InChI is InChI=1S/C17H17F2N3O3/c1-21-8-10(7-20-21)5-11-6-15(24)22(17(11)25)9-14(23)16-12(18)3-2-4-13(16)19/h2-4,7-8,11,14,23H,5-6,9H2,1H3/t11-,14-/m1/s1. The molecule has 0 unspecified atom stereocenters. The summed E-state index contributed by atoms with van der Waals surface area (Å²) >= 11 is 0. The molecule has 1 aromatic heterocycles. The third-order valence-corrected chi connectivity index (χ3v) is 4.27. The lowest BCUT2D eigenvalue weighted by Crippen LogP contribution is -2.35. The summed E-state index contributed by atoms with van der Waals surface area (Å²) < 4.78 is 29.1. The van der Waals surface area contributed by atoms with Crippen molar-refractivity contribution in [3.05, 3.63) is 53.4 Å². The van der Waals surface area contributed by atoms with Crippen LogP contribution in [0.4, 0.5) is 8.78 Å². The van der Waals surface area contributed by atoms with Crippen molar-refractivity contribution in [3.8, 4) is 0 Å². The van der Waals surface area contributed by atoms with Crippen molar-refractivity contribution in [1.82, 2.24) is 14.7 Å². The Balaban J connectivity index is 1.72. The number of nitrogens with zero attached hydrogens (tertiary/aromatic N) is 3. The second-order valence-corrected chi connectivity index (χ2v) is 6.12. The van der Waals surface area contributed by atoms with Crippen LogP contribution in [0.25, 0.3) is 0 Å². The molecule has 8 heteroatoms. The largest absolute Gasteiger partial charge is 0.386 e. The number of hydrogen-bond donors (Lipinski definition) is 1. The molecule has 1 saturated heterocycles. The Morgan fingerprint density at radius 1 is 1.32 bits per heavy atom. The molecule has 1 N–H and O–H groups in total. The molecule has 0 bridgehead atoms. The zero-order chi connectivity index (χ0) is 18.1. The van der Waals surface area contributed by atoms with Gasteiger partial charge < -0.3 is 5.11 Å². The number of aromatic nitrogens is 2. The molecule has 1 aliphatic rings. The van der Waals surface area contributed by atoms with E-state index in [-0.39, 0.29) is 6.42 Å². The second-order valence-electron chi connectivity index (χ2n) is 6.12. The normalized spacial score (nSPS) is 18.9. The van der Waals surface area contributed by atoms with Gasteiger partial charge in [-0.25, -0.2) is 8.78 Å². The third kappa shape index (κ3) is 3.43. The molecule has 1 aromatic carbocycles. The zero-order valence-corrected chi connectivity index (χ0v) is 13.5. The van der Waals surface area contributed by atoms with Crippen LogP contribution >= 0.6 is 0 Å². The number of aliphatic hydroxyl groups excluding tert-OH is 1. The number of carbonyl (C=O) groups is 2. The van der Waals surface area contributed by atoms with E-state index >= 15 is 0 Å². The van der Waals surface area contributed by atoms with Crippen LogP contribution in [0, 0.1) is 17.6 Å². The predicted molar refractivity (Wildman–Crippen MR) is 83.1 cm³/mol. The minimum absolute atomic E-state index is 0.000200. The highest BCUT2D eigenvalue weighted by Gasteiger charge is 2.40. The van der Waals surface area contributed by atoms with Gasteiger partial charge in [0.25, 0.3) is 0 Å². The number of imide groups is 1. The van der Waals surface area contributed by atoms with E-state index in [0.29, 0.717) is 6.42 Å². The van der Waals surface area contributed by atoms with E-state index in [4.69, 9.17) is 0 Å². The van der Waals surface area contributed by atoms with Gasteiger partial charge in [0, 0.05) is 19.7 Å². The molecule has 0 saturated carbocycles. The van der Waals surface area contributed by atoms with Crippen LogP contribution in [-0.4, -0.2) is 38.1 Å². The van der Waals surface area contributed by atoms with Crippen LogP contribution in [0.3, 0.4) is 0 Å². The average Bonchev–Trinajstić information content (AvgIpc) is 3.06. The quantitative estimate of drug-likeness (QED) is 0.827. The highest BCUT2D eigenvalue weighted by molar-refractivity contribution is 6.03. The van der Waals surface area contributed by atoms with Crippen LogP contribution in [0.15, 0.2) is 30.6 Å².